The maximum Gasteiger partial charge on any atom is 0.275 e. The van der Waals surface area contributed by atoms with Crippen LogP contribution in [0, 0.1) is 17.0 Å². The van der Waals surface area contributed by atoms with Crippen molar-refractivity contribution in [1.29, 1.82) is 0 Å². The molecule has 0 fully saturated rings. The van der Waals surface area contributed by atoms with Gasteiger partial charge in [0.2, 0.25) is 0 Å². The molecule has 0 atom stereocenters. The van der Waals surface area contributed by atoms with E-state index in [4.69, 9.17) is 5.11 Å². The van der Waals surface area contributed by atoms with Crippen LogP contribution in [0.5, 0.6) is 0 Å². The van der Waals surface area contributed by atoms with Crippen molar-refractivity contribution in [2.45, 2.75) is 13.3 Å². The lowest BCUT2D eigenvalue weighted by molar-refractivity contribution is -0.386. The Morgan fingerprint density at radius 1 is 1.54 bits per heavy atom. The number of aryl methyl sites for hydroxylation is 1. The molecule has 1 aromatic rings. The first-order valence-corrected chi connectivity index (χ1v) is 4.00. The molecule has 0 spiro atoms. The second kappa shape index (κ2) is 4.00. The Morgan fingerprint density at radius 3 is 2.77 bits per heavy atom. The Hall–Kier alpha value is -1.42. The maximum atomic E-state index is 10.6. The number of aliphatic hydroxyl groups is 1. The minimum absolute atomic E-state index is 0.0652. The molecular formula is C9H11NO3. The molecule has 0 aliphatic rings. The zero-order valence-corrected chi connectivity index (χ0v) is 7.36. The van der Waals surface area contributed by atoms with Crippen molar-refractivity contribution in [2.24, 2.45) is 0 Å². The fourth-order valence-corrected chi connectivity index (χ4v) is 1.30. The average Bonchev–Trinajstić information content (AvgIpc) is 2.04. The van der Waals surface area contributed by atoms with E-state index in [1.54, 1.807) is 25.1 Å². The third-order valence-corrected chi connectivity index (χ3v) is 1.89. The van der Waals surface area contributed by atoms with E-state index in [2.05, 4.69) is 0 Å². The summed E-state index contributed by atoms with van der Waals surface area (Å²) in [6.07, 6.45) is 0.331. The van der Waals surface area contributed by atoms with Gasteiger partial charge in [0.1, 0.15) is 0 Å². The molecule has 0 aromatic heterocycles. The van der Waals surface area contributed by atoms with Crippen LogP contribution in [0.3, 0.4) is 0 Å². The second-order valence-corrected chi connectivity index (χ2v) is 2.81. The number of nitrogens with zero attached hydrogens (tertiary/aromatic N) is 1. The predicted molar refractivity (Wildman–Crippen MR) is 48.6 cm³/mol. The lowest BCUT2D eigenvalue weighted by Crippen LogP contribution is -2.00. The van der Waals surface area contributed by atoms with Crippen LogP contribution in [0.2, 0.25) is 0 Å². The molecule has 4 heteroatoms. The Balaban J connectivity index is 3.17. The first kappa shape index (κ1) is 9.67. The van der Waals surface area contributed by atoms with E-state index < -0.39 is 4.92 Å². The Kier molecular flexibility index (Phi) is 2.97. The highest BCUT2D eigenvalue weighted by atomic mass is 16.6. The molecule has 1 N–H and O–H groups in total. The Labute approximate surface area is 76.0 Å². The molecular weight excluding hydrogens is 170 g/mol. The number of aliphatic hydroxyl groups excluding tert-OH is 1. The largest absolute Gasteiger partial charge is 0.396 e. The third kappa shape index (κ3) is 2.03. The fourth-order valence-electron chi connectivity index (χ4n) is 1.30. The molecule has 0 aliphatic carbocycles. The molecule has 0 aliphatic heterocycles. The van der Waals surface area contributed by atoms with Gasteiger partial charge in [0.05, 0.1) is 4.92 Å². The van der Waals surface area contributed by atoms with Gasteiger partial charge in [0.25, 0.3) is 5.69 Å². The molecule has 13 heavy (non-hydrogen) atoms. The molecule has 0 bridgehead atoms. The highest BCUT2D eigenvalue weighted by Crippen LogP contribution is 2.22. The summed E-state index contributed by atoms with van der Waals surface area (Å²) in [4.78, 5) is 10.2. The molecule has 1 rings (SSSR count). The van der Waals surface area contributed by atoms with E-state index in [0.29, 0.717) is 17.5 Å². The topological polar surface area (TPSA) is 63.4 Å². The number of para-hydroxylation sites is 1. The summed E-state index contributed by atoms with van der Waals surface area (Å²) in [6.45, 7) is 1.63. The average molecular weight is 181 g/mol. The molecule has 0 amide bonds. The monoisotopic (exact) mass is 181 g/mol. The molecule has 4 nitrogen and oxygen atoms in total. The fraction of sp³-hybridized carbons (Fsp3) is 0.333. The second-order valence-electron chi connectivity index (χ2n) is 2.81. The van der Waals surface area contributed by atoms with Crippen molar-refractivity contribution < 1.29 is 10.0 Å². The van der Waals surface area contributed by atoms with Crippen LogP contribution in [-0.2, 0) is 6.42 Å². The van der Waals surface area contributed by atoms with E-state index in [1.807, 2.05) is 0 Å². The van der Waals surface area contributed by atoms with Gasteiger partial charge in [-0.3, -0.25) is 10.1 Å². The van der Waals surface area contributed by atoms with Gasteiger partial charge in [-0.15, -0.1) is 0 Å². The van der Waals surface area contributed by atoms with Crippen molar-refractivity contribution in [3.63, 3.8) is 0 Å². The molecule has 0 saturated heterocycles. The zero-order chi connectivity index (χ0) is 9.84. The first-order valence-electron chi connectivity index (χ1n) is 4.00. The van der Waals surface area contributed by atoms with E-state index in [0.717, 1.165) is 0 Å². The normalized spacial score (nSPS) is 10.0. The number of nitro groups is 1. The molecule has 0 unspecified atom stereocenters. The van der Waals surface area contributed by atoms with Gasteiger partial charge >= 0.3 is 0 Å². The standard InChI is InChI=1S/C9H11NO3/c1-7-3-2-4-8(5-6-11)9(7)10(12)13/h2-4,11H,5-6H2,1H3. The van der Waals surface area contributed by atoms with Crippen molar-refractivity contribution in [1.82, 2.24) is 0 Å². The smallest absolute Gasteiger partial charge is 0.275 e. The summed E-state index contributed by atoms with van der Waals surface area (Å²) in [5, 5.41) is 19.3. The number of hydrogen-bond acceptors (Lipinski definition) is 3. The number of hydrogen-bond donors (Lipinski definition) is 1. The van der Waals surface area contributed by atoms with Crippen LogP contribution < -0.4 is 0 Å². The van der Waals surface area contributed by atoms with Gasteiger partial charge < -0.3 is 5.11 Å². The van der Waals surface area contributed by atoms with Gasteiger partial charge in [-0.05, 0) is 6.92 Å². The molecule has 0 radical (unpaired) electrons. The summed E-state index contributed by atoms with van der Waals surface area (Å²) >= 11 is 0. The summed E-state index contributed by atoms with van der Waals surface area (Å²) in [5.74, 6) is 0. The van der Waals surface area contributed by atoms with E-state index >= 15 is 0 Å². The van der Waals surface area contributed by atoms with Crippen LogP contribution in [0.1, 0.15) is 11.1 Å². The van der Waals surface area contributed by atoms with Crippen molar-refractivity contribution in [2.75, 3.05) is 6.61 Å². The summed E-state index contributed by atoms with van der Waals surface area (Å²) in [6, 6.07) is 5.12. The van der Waals surface area contributed by atoms with Crippen LogP contribution in [0.4, 0.5) is 5.69 Å². The quantitative estimate of drug-likeness (QED) is 0.566. The molecule has 0 saturated carbocycles. The highest BCUT2D eigenvalue weighted by Gasteiger charge is 2.15. The number of nitro benzene ring substituents is 1. The predicted octanol–water partition coefficient (Wildman–Crippen LogP) is 1.44. The van der Waals surface area contributed by atoms with Crippen LogP contribution in [0.25, 0.3) is 0 Å². The van der Waals surface area contributed by atoms with Gasteiger partial charge in [-0.25, -0.2) is 0 Å². The van der Waals surface area contributed by atoms with Gasteiger partial charge in [0.15, 0.2) is 0 Å². The van der Waals surface area contributed by atoms with Crippen LogP contribution in [0.15, 0.2) is 18.2 Å². The van der Waals surface area contributed by atoms with E-state index in [9.17, 15) is 10.1 Å². The van der Waals surface area contributed by atoms with Crippen molar-refractivity contribution in [3.05, 3.63) is 39.4 Å². The van der Waals surface area contributed by atoms with Crippen molar-refractivity contribution in [3.8, 4) is 0 Å². The Bertz CT molecular complexity index is 323. The van der Waals surface area contributed by atoms with Crippen LogP contribution >= 0.6 is 0 Å². The van der Waals surface area contributed by atoms with Crippen LogP contribution in [-0.4, -0.2) is 16.6 Å². The molecule has 70 valence electrons. The maximum absolute atomic E-state index is 10.6. The van der Waals surface area contributed by atoms with Crippen molar-refractivity contribution >= 4 is 5.69 Å². The summed E-state index contributed by atoms with van der Waals surface area (Å²) in [5.41, 5.74) is 1.35. The zero-order valence-electron chi connectivity index (χ0n) is 7.36. The van der Waals surface area contributed by atoms with E-state index in [-0.39, 0.29) is 12.3 Å². The minimum atomic E-state index is -0.402. The SMILES string of the molecule is Cc1cccc(CCO)c1[N+](=O)[O-]. The number of rotatable bonds is 3. The highest BCUT2D eigenvalue weighted by molar-refractivity contribution is 5.47. The lowest BCUT2D eigenvalue weighted by Gasteiger charge is -2.02. The minimum Gasteiger partial charge on any atom is -0.396 e. The lowest BCUT2D eigenvalue weighted by atomic mass is 10.1. The van der Waals surface area contributed by atoms with Gasteiger partial charge in [-0.2, -0.15) is 0 Å². The first-order chi connectivity index (χ1) is 6.16. The van der Waals surface area contributed by atoms with Gasteiger partial charge in [-0.1, -0.05) is 18.2 Å². The summed E-state index contributed by atoms with van der Waals surface area (Å²) < 4.78 is 0. The number of benzene rings is 1. The third-order valence-electron chi connectivity index (χ3n) is 1.89. The summed E-state index contributed by atoms with van der Waals surface area (Å²) in [7, 11) is 0. The van der Waals surface area contributed by atoms with Gasteiger partial charge in [0, 0.05) is 24.2 Å². The Morgan fingerprint density at radius 2 is 2.23 bits per heavy atom. The van der Waals surface area contributed by atoms with E-state index in [1.165, 1.54) is 0 Å². The molecule has 1 aromatic carbocycles. The molecule has 0 heterocycles.